The van der Waals surface area contributed by atoms with Crippen molar-refractivity contribution in [3.8, 4) is 5.75 Å². The lowest BCUT2D eigenvalue weighted by atomic mass is 10.1. The highest BCUT2D eigenvalue weighted by Crippen LogP contribution is 2.26. The maximum absolute atomic E-state index is 13.0. The number of para-hydroxylation sites is 1. The Bertz CT molecular complexity index is 1350. The predicted octanol–water partition coefficient (Wildman–Crippen LogP) is 7.45. The van der Waals surface area contributed by atoms with E-state index in [9.17, 15) is 4.79 Å². The van der Waals surface area contributed by atoms with Crippen molar-refractivity contribution in [2.75, 3.05) is 5.32 Å². The lowest BCUT2D eigenvalue weighted by Crippen LogP contribution is -2.14. The first-order valence-corrected chi connectivity index (χ1v) is 12.1. The summed E-state index contributed by atoms with van der Waals surface area (Å²) in [7, 11) is 0. The van der Waals surface area contributed by atoms with Crippen LogP contribution in [-0.2, 0) is 13.2 Å². The maximum Gasteiger partial charge on any atom is 0.255 e. The number of nitrogens with one attached hydrogen (secondary N) is 1. The van der Waals surface area contributed by atoms with E-state index in [0.717, 1.165) is 32.7 Å². The van der Waals surface area contributed by atoms with Crippen LogP contribution in [0.1, 0.15) is 32.9 Å². The van der Waals surface area contributed by atoms with Gasteiger partial charge in [0.1, 0.15) is 12.4 Å². The first-order chi connectivity index (χ1) is 16.3. The average molecular weight is 559 g/mol. The summed E-state index contributed by atoms with van der Waals surface area (Å²) in [5.74, 6) is 0.543. The molecular weight excluding hydrogens is 537 g/mol. The van der Waals surface area contributed by atoms with E-state index in [1.165, 1.54) is 0 Å². The van der Waals surface area contributed by atoms with Crippen LogP contribution < -0.4 is 10.1 Å². The minimum absolute atomic E-state index is 0.206. The Balaban J connectivity index is 1.47. The number of benzene rings is 3. The second-order valence-electron chi connectivity index (χ2n) is 7.83. The van der Waals surface area contributed by atoms with Gasteiger partial charge < -0.3 is 10.1 Å². The van der Waals surface area contributed by atoms with Gasteiger partial charge in [-0.3, -0.25) is 9.48 Å². The highest BCUT2D eigenvalue weighted by Gasteiger charge is 2.16. The van der Waals surface area contributed by atoms with Gasteiger partial charge in [-0.2, -0.15) is 5.10 Å². The number of ether oxygens (including phenoxy) is 1. The second-order valence-corrected chi connectivity index (χ2v) is 9.49. The SMILES string of the molecule is Cc1nn(Cc2ccc(Cl)c(Cl)c2)c(C)c1NC(=O)c1cccc(COc2ccccc2Br)c1. The van der Waals surface area contributed by atoms with Crippen LogP contribution in [0.25, 0.3) is 0 Å². The number of carbonyl (C=O) groups is 1. The third-order valence-electron chi connectivity index (χ3n) is 5.36. The van der Waals surface area contributed by atoms with Crippen LogP contribution in [0.4, 0.5) is 5.69 Å². The molecule has 1 N–H and O–H groups in total. The number of aryl methyl sites for hydroxylation is 1. The van der Waals surface area contributed by atoms with E-state index in [1.807, 2.05) is 73.1 Å². The minimum atomic E-state index is -0.206. The molecule has 0 spiro atoms. The van der Waals surface area contributed by atoms with Crippen LogP contribution in [0.2, 0.25) is 10.0 Å². The smallest absolute Gasteiger partial charge is 0.255 e. The van der Waals surface area contributed by atoms with Crippen molar-refractivity contribution in [2.45, 2.75) is 27.0 Å². The van der Waals surface area contributed by atoms with Gasteiger partial charge in [0.15, 0.2) is 0 Å². The van der Waals surface area contributed by atoms with Crippen LogP contribution in [0, 0.1) is 13.8 Å². The molecular formula is C26H22BrCl2N3O2. The fraction of sp³-hybridized carbons (Fsp3) is 0.154. The molecule has 0 unspecified atom stereocenters. The van der Waals surface area contributed by atoms with E-state index in [0.29, 0.717) is 34.4 Å². The molecule has 4 aromatic rings. The largest absolute Gasteiger partial charge is 0.488 e. The number of rotatable bonds is 7. The van der Waals surface area contributed by atoms with E-state index >= 15 is 0 Å². The molecule has 0 aliphatic heterocycles. The normalized spacial score (nSPS) is 10.9. The molecule has 1 amide bonds. The maximum atomic E-state index is 13.0. The fourth-order valence-corrected chi connectivity index (χ4v) is 4.27. The zero-order valence-electron chi connectivity index (χ0n) is 18.6. The summed E-state index contributed by atoms with van der Waals surface area (Å²) in [6, 6.07) is 20.5. The molecule has 0 fully saturated rings. The van der Waals surface area contributed by atoms with E-state index in [-0.39, 0.29) is 5.91 Å². The minimum Gasteiger partial charge on any atom is -0.488 e. The van der Waals surface area contributed by atoms with Crippen molar-refractivity contribution in [1.29, 1.82) is 0 Å². The highest BCUT2D eigenvalue weighted by atomic mass is 79.9. The molecule has 0 radical (unpaired) electrons. The van der Waals surface area contributed by atoms with Crippen LogP contribution in [0.5, 0.6) is 5.75 Å². The van der Waals surface area contributed by atoms with Gasteiger partial charge in [0.05, 0.1) is 38.1 Å². The third kappa shape index (κ3) is 5.63. The predicted molar refractivity (Wildman–Crippen MR) is 140 cm³/mol. The number of aromatic nitrogens is 2. The van der Waals surface area contributed by atoms with E-state index in [2.05, 4.69) is 26.3 Å². The summed E-state index contributed by atoms with van der Waals surface area (Å²) in [5.41, 5.74) is 4.69. The number of anilines is 1. The highest BCUT2D eigenvalue weighted by molar-refractivity contribution is 9.10. The molecule has 1 aromatic heterocycles. The Hall–Kier alpha value is -2.80. The Labute approximate surface area is 216 Å². The lowest BCUT2D eigenvalue weighted by molar-refractivity contribution is 0.102. The van der Waals surface area contributed by atoms with E-state index in [1.54, 1.807) is 12.1 Å². The molecule has 0 saturated carbocycles. The first kappa shape index (κ1) is 24.3. The summed E-state index contributed by atoms with van der Waals surface area (Å²) >= 11 is 15.6. The van der Waals surface area contributed by atoms with Gasteiger partial charge in [0.25, 0.3) is 5.91 Å². The number of carbonyl (C=O) groups excluding carboxylic acids is 1. The molecule has 34 heavy (non-hydrogen) atoms. The molecule has 0 saturated heterocycles. The molecule has 174 valence electrons. The van der Waals surface area contributed by atoms with Gasteiger partial charge in [0.2, 0.25) is 0 Å². The Kier molecular flexibility index (Phi) is 7.61. The van der Waals surface area contributed by atoms with E-state index < -0.39 is 0 Å². The van der Waals surface area contributed by atoms with Crippen LogP contribution in [-0.4, -0.2) is 15.7 Å². The van der Waals surface area contributed by atoms with Gasteiger partial charge in [0, 0.05) is 5.56 Å². The Morgan fingerprint density at radius 3 is 2.56 bits per heavy atom. The Morgan fingerprint density at radius 1 is 1.00 bits per heavy atom. The number of hydrogen-bond donors (Lipinski definition) is 1. The molecule has 5 nitrogen and oxygen atoms in total. The Morgan fingerprint density at radius 2 is 1.79 bits per heavy atom. The van der Waals surface area contributed by atoms with Crippen molar-refractivity contribution in [3.63, 3.8) is 0 Å². The monoisotopic (exact) mass is 557 g/mol. The molecule has 3 aromatic carbocycles. The molecule has 0 atom stereocenters. The summed E-state index contributed by atoms with van der Waals surface area (Å²) < 4.78 is 8.60. The quantitative estimate of drug-likeness (QED) is 0.256. The van der Waals surface area contributed by atoms with E-state index in [4.69, 9.17) is 27.9 Å². The molecule has 1 heterocycles. The molecule has 4 rings (SSSR count). The molecule has 0 aliphatic carbocycles. The van der Waals surface area contributed by atoms with Gasteiger partial charge >= 0.3 is 0 Å². The summed E-state index contributed by atoms with van der Waals surface area (Å²) in [5, 5.41) is 8.62. The van der Waals surface area contributed by atoms with Crippen molar-refractivity contribution in [3.05, 3.63) is 109 Å². The topological polar surface area (TPSA) is 56.2 Å². The number of hydrogen-bond acceptors (Lipinski definition) is 3. The average Bonchev–Trinajstić information content (AvgIpc) is 3.08. The zero-order valence-corrected chi connectivity index (χ0v) is 21.7. The molecule has 0 aliphatic rings. The summed E-state index contributed by atoms with van der Waals surface area (Å²) in [6.07, 6.45) is 0. The first-order valence-electron chi connectivity index (χ1n) is 10.6. The van der Waals surface area contributed by atoms with Gasteiger partial charge in [-0.25, -0.2) is 0 Å². The third-order valence-corrected chi connectivity index (χ3v) is 6.75. The standard InChI is InChI=1S/C26H22BrCl2N3O2/c1-16-25(17(2)32(31-16)14-18-10-11-22(28)23(29)13-18)30-26(33)20-7-5-6-19(12-20)15-34-24-9-4-3-8-21(24)27/h3-13H,14-15H2,1-2H3,(H,30,33). The van der Waals surface area contributed by atoms with Crippen molar-refractivity contribution < 1.29 is 9.53 Å². The fourth-order valence-electron chi connectivity index (χ4n) is 3.55. The van der Waals surface area contributed by atoms with Crippen LogP contribution in [0.15, 0.2) is 71.2 Å². The van der Waals surface area contributed by atoms with Gasteiger partial charge in [-0.15, -0.1) is 0 Å². The van der Waals surface area contributed by atoms with Crippen LogP contribution >= 0.6 is 39.1 Å². The van der Waals surface area contributed by atoms with Crippen molar-refractivity contribution >= 4 is 50.7 Å². The molecule has 8 heteroatoms. The van der Waals surface area contributed by atoms with Crippen molar-refractivity contribution in [1.82, 2.24) is 9.78 Å². The number of halogens is 3. The second kappa shape index (κ2) is 10.6. The molecule has 0 bridgehead atoms. The van der Waals surface area contributed by atoms with Crippen LogP contribution in [0.3, 0.4) is 0 Å². The number of amides is 1. The number of nitrogens with zero attached hydrogens (tertiary/aromatic N) is 2. The summed E-state index contributed by atoms with van der Waals surface area (Å²) in [4.78, 5) is 13.0. The lowest BCUT2D eigenvalue weighted by Gasteiger charge is -2.10. The summed E-state index contributed by atoms with van der Waals surface area (Å²) in [6.45, 7) is 4.66. The van der Waals surface area contributed by atoms with Crippen molar-refractivity contribution in [2.24, 2.45) is 0 Å². The zero-order chi connectivity index (χ0) is 24.2. The van der Waals surface area contributed by atoms with Gasteiger partial charge in [-0.05, 0) is 77.3 Å². The van der Waals surface area contributed by atoms with Gasteiger partial charge in [-0.1, -0.05) is 53.5 Å².